The van der Waals surface area contributed by atoms with E-state index in [1.54, 1.807) is 61.8 Å². The van der Waals surface area contributed by atoms with Crippen molar-refractivity contribution in [1.29, 1.82) is 0 Å². The number of halogens is 2. The second kappa shape index (κ2) is 25.6. The van der Waals surface area contributed by atoms with Crippen LogP contribution in [0.3, 0.4) is 0 Å². The number of oxazole rings is 2. The first-order valence-electron chi connectivity index (χ1n) is 21.0. The van der Waals surface area contributed by atoms with Crippen LogP contribution in [0.5, 0.6) is 0 Å². The van der Waals surface area contributed by atoms with Crippen molar-refractivity contribution < 1.29 is 31.3 Å². The molecule has 0 aliphatic carbocycles. The molecule has 2 fully saturated rings. The smallest absolute Gasteiger partial charge is 0.297 e. The number of anilines is 3. The van der Waals surface area contributed by atoms with Crippen molar-refractivity contribution >= 4 is 28.8 Å². The third kappa shape index (κ3) is 16.0. The zero-order valence-corrected chi connectivity index (χ0v) is 36.8. The van der Waals surface area contributed by atoms with Crippen molar-refractivity contribution in [2.24, 2.45) is 0 Å². The first kappa shape index (κ1) is 47.1. The molecule has 2 aliphatic rings. The normalized spacial score (nSPS) is 14.4. The van der Waals surface area contributed by atoms with E-state index in [2.05, 4.69) is 64.1 Å². The van der Waals surface area contributed by atoms with E-state index in [-0.39, 0.29) is 17.7 Å². The Bertz CT molecular complexity index is 2320. The Balaban J connectivity index is 0.000000149. The summed E-state index contributed by atoms with van der Waals surface area (Å²) in [6.45, 7) is 8.65. The lowest BCUT2D eigenvalue weighted by molar-refractivity contribution is 0.120. The third-order valence-electron chi connectivity index (χ3n) is 9.87. The number of hydrogen-bond acceptors (Lipinski definition) is 14. The Hall–Kier alpha value is -6.43. The molecule has 7 aromatic rings. The molecule has 0 bridgehead atoms. The van der Waals surface area contributed by atoms with Crippen molar-refractivity contribution in [2.75, 3.05) is 74.0 Å². The van der Waals surface area contributed by atoms with Crippen molar-refractivity contribution in [3.63, 3.8) is 0 Å². The predicted octanol–water partition coefficient (Wildman–Crippen LogP) is 7.73. The molecule has 17 heteroatoms. The van der Waals surface area contributed by atoms with Crippen molar-refractivity contribution in [1.82, 2.24) is 29.9 Å². The molecule has 0 radical (unpaired) electrons. The second-order valence-electron chi connectivity index (χ2n) is 14.5. The zero-order chi connectivity index (χ0) is 44.8. The molecule has 336 valence electrons. The molecule has 0 amide bonds. The summed E-state index contributed by atoms with van der Waals surface area (Å²) in [5, 5.41) is 3.69. The van der Waals surface area contributed by atoms with Gasteiger partial charge in [-0.15, -0.1) is 0 Å². The largest absolute Gasteiger partial charge is 0.432 e. The fourth-order valence-corrected chi connectivity index (χ4v) is 6.83. The van der Waals surface area contributed by atoms with E-state index < -0.39 is 10.8 Å². The van der Waals surface area contributed by atoms with Gasteiger partial charge in [-0.2, -0.15) is 0 Å². The number of benzene rings is 3. The van der Waals surface area contributed by atoms with Crippen LogP contribution >= 0.6 is 0 Å². The molecular formula is C47H53F2N9O5S. The summed E-state index contributed by atoms with van der Waals surface area (Å²) in [5.74, 6) is 0.189. The van der Waals surface area contributed by atoms with Gasteiger partial charge in [-0.3, -0.25) is 4.21 Å². The molecule has 2 saturated heterocycles. The number of rotatable bonds is 12. The monoisotopic (exact) mass is 893 g/mol. The number of hydrogen-bond donors (Lipinski definition) is 1. The standard InChI is InChI=1S/C20H20FN3.C13H13FN2OS.2C7H10N2O2/c1-15(17-5-3-2-4-6-17)23-20-22-14-13-19(24-20)12-9-16-7-10-18(21)11-8-16;1-18(17)13-15-9-8-12(16-13)7-4-10-2-5-11(14)6-3-10;2*1-4-11-7(8-1)9-2-5-10-6-3-9/h2-8,10-11,13-15H,9,12H2,1H3,(H,22,23,24);2-3,5-6,8-9H,4,7H2,1H3;2*1,4H,2-3,5-6H2/t15-;;;/m0.../s1. The van der Waals surface area contributed by atoms with E-state index >= 15 is 0 Å². The maximum Gasteiger partial charge on any atom is 0.297 e. The van der Waals surface area contributed by atoms with Gasteiger partial charge in [0, 0.05) is 56.2 Å². The summed E-state index contributed by atoms with van der Waals surface area (Å²) in [5.41, 5.74) is 5.16. The second-order valence-corrected chi connectivity index (χ2v) is 15.8. The number of nitrogens with one attached hydrogen (secondary N) is 1. The molecule has 14 nitrogen and oxygen atoms in total. The Morgan fingerprint density at radius 2 is 1.09 bits per heavy atom. The average Bonchev–Trinajstić information content (AvgIpc) is 4.10. The lowest BCUT2D eigenvalue weighted by Crippen LogP contribution is -2.36. The maximum atomic E-state index is 12.9. The minimum absolute atomic E-state index is 0.138. The van der Waals surface area contributed by atoms with Crippen LogP contribution in [0.2, 0.25) is 0 Å². The fourth-order valence-electron chi connectivity index (χ4n) is 6.38. The van der Waals surface area contributed by atoms with E-state index in [0.29, 0.717) is 23.1 Å². The lowest BCUT2D eigenvalue weighted by atomic mass is 10.1. The number of morpholine rings is 2. The molecule has 4 aromatic heterocycles. The van der Waals surface area contributed by atoms with Crippen LogP contribution in [0.1, 0.15) is 41.0 Å². The first-order chi connectivity index (χ1) is 31.3. The van der Waals surface area contributed by atoms with Gasteiger partial charge in [-0.25, -0.2) is 38.7 Å². The molecular weight excluding hydrogens is 841 g/mol. The summed E-state index contributed by atoms with van der Waals surface area (Å²) in [7, 11) is -1.16. The Morgan fingerprint density at radius 3 is 1.56 bits per heavy atom. The molecule has 0 saturated carbocycles. The molecule has 6 heterocycles. The van der Waals surface area contributed by atoms with Crippen LogP contribution in [-0.4, -0.2) is 93.0 Å². The number of aromatic nitrogens is 6. The number of ether oxygens (including phenoxy) is 2. The van der Waals surface area contributed by atoms with Gasteiger partial charge in [-0.1, -0.05) is 54.6 Å². The van der Waals surface area contributed by atoms with Crippen molar-refractivity contribution in [3.05, 3.63) is 168 Å². The van der Waals surface area contributed by atoms with E-state index in [4.69, 9.17) is 18.3 Å². The SMILES string of the molecule is CS(=O)c1nccc(CCc2ccc(F)cc2)n1.C[C@H](Nc1nccc(CCc2ccc(F)cc2)n1)c1ccccc1.c1coc(N2CCOCC2)n1.c1coc(N2CCOCC2)n1. The lowest BCUT2D eigenvalue weighted by Gasteiger charge is -2.24. The van der Waals surface area contributed by atoms with Crippen molar-refractivity contribution in [3.8, 4) is 0 Å². The van der Waals surface area contributed by atoms with Crippen LogP contribution in [0.25, 0.3) is 0 Å². The quantitative estimate of drug-likeness (QED) is 0.119. The molecule has 64 heavy (non-hydrogen) atoms. The van der Waals surface area contributed by atoms with Crippen molar-refractivity contribution in [2.45, 2.75) is 43.8 Å². The highest BCUT2D eigenvalue weighted by Gasteiger charge is 2.15. The molecule has 0 spiro atoms. The third-order valence-corrected chi connectivity index (χ3v) is 10.6. The summed E-state index contributed by atoms with van der Waals surface area (Å²) in [6.07, 6.45) is 14.5. The Kier molecular flexibility index (Phi) is 18.8. The minimum Gasteiger partial charge on any atom is -0.432 e. The van der Waals surface area contributed by atoms with Gasteiger partial charge in [0.05, 0.1) is 55.7 Å². The highest BCUT2D eigenvalue weighted by atomic mass is 32.2. The molecule has 1 unspecified atom stereocenters. The molecule has 1 N–H and O–H groups in total. The number of aryl methyl sites for hydroxylation is 4. The van der Waals surface area contributed by atoms with E-state index in [1.165, 1.54) is 29.8 Å². The van der Waals surface area contributed by atoms with Gasteiger partial charge in [0.1, 0.15) is 24.2 Å². The molecule has 2 aliphatic heterocycles. The maximum absolute atomic E-state index is 12.9. The van der Waals surface area contributed by atoms with Gasteiger partial charge < -0.3 is 33.4 Å². The Morgan fingerprint density at radius 1 is 0.609 bits per heavy atom. The van der Waals surface area contributed by atoms with E-state index in [9.17, 15) is 13.0 Å². The molecule has 9 rings (SSSR count). The first-order valence-corrected chi connectivity index (χ1v) is 22.6. The Labute approximate surface area is 374 Å². The summed E-state index contributed by atoms with van der Waals surface area (Å²) < 4.78 is 57.6. The van der Waals surface area contributed by atoms with Crippen LogP contribution in [0.15, 0.2) is 142 Å². The summed E-state index contributed by atoms with van der Waals surface area (Å²) in [6, 6.07) is 28.5. The van der Waals surface area contributed by atoms with Gasteiger partial charge in [0.2, 0.25) is 11.1 Å². The summed E-state index contributed by atoms with van der Waals surface area (Å²) in [4.78, 5) is 29.3. The van der Waals surface area contributed by atoms with Crippen LogP contribution in [0.4, 0.5) is 26.8 Å². The van der Waals surface area contributed by atoms with Crippen LogP contribution in [-0.2, 0) is 46.0 Å². The van der Waals surface area contributed by atoms with Crippen LogP contribution < -0.4 is 15.1 Å². The number of nitrogens with zero attached hydrogens (tertiary/aromatic N) is 8. The van der Waals surface area contributed by atoms with Gasteiger partial charge in [0.15, 0.2) is 0 Å². The average molecular weight is 894 g/mol. The van der Waals surface area contributed by atoms with Crippen LogP contribution in [0, 0.1) is 11.6 Å². The fraction of sp³-hybridized carbons (Fsp3) is 0.319. The molecule has 3 aromatic carbocycles. The topological polar surface area (TPSA) is 158 Å². The summed E-state index contributed by atoms with van der Waals surface area (Å²) >= 11 is 0. The zero-order valence-electron chi connectivity index (χ0n) is 36.0. The van der Waals surface area contributed by atoms with Gasteiger partial charge in [-0.05, 0) is 85.7 Å². The van der Waals surface area contributed by atoms with E-state index in [0.717, 1.165) is 101 Å². The predicted molar refractivity (Wildman–Crippen MR) is 242 cm³/mol. The van der Waals surface area contributed by atoms with Gasteiger partial charge >= 0.3 is 0 Å². The minimum atomic E-state index is -1.16. The van der Waals surface area contributed by atoms with E-state index in [1.807, 2.05) is 36.4 Å². The molecule has 2 atom stereocenters. The highest BCUT2D eigenvalue weighted by molar-refractivity contribution is 7.84. The highest BCUT2D eigenvalue weighted by Crippen LogP contribution is 2.17. The van der Waals surface area contributed by atoms with Gasteiger partial charge in [0.25, 0.3) is 12.0 Å².